The zero-order valence-corrected chi connectivity index (χ0v) is 10.0. The monoisotopic (exact) mass is 230 g/mol. The third kappa shape index (κ3) is 2.33. The van der Waals surface area contributed by atoms with Gasteiger partial charge in [0.25, 0.3) is 5.91 Å². The van der Waals surface area contributed by atoms with Gasteiger partial charge in [-0.1, -0.05) is 0 Å². The number of carbonyl (C=O) groups is 1. The van der Waals surface area contributed by atoms with Crippen molar-refractivity contribution in [1.82, 2.24) is 15.2 Å². The molecule has 2 aromatic rings. The van der Waals surface area contributed by atoms with E-state index in [0.29, 0.717) is 5.56 Å². The first-order chi connectivity index (χ1) is 8.08. The molecule has 1 amide bonds. The first kappa shape index (κ1) is 11.3. The van der Waals surface area contributed by atoms with Crippen LogP contribution in [0.3, 0.4) is 0 Å². The highest BCUT2D eigenvalue weighted by Gasteiger charge is 2.12. The first-order valence-electron chi connectivity index (χ1n) is 5.32. The summed E-state index contributed by atoms with van der Waals surface area (Å²) in [5.74, 6) is -0.172. The van der Waals surface area contributed by atoms with Gasteiger partial charge in [-0.15, -0.1) is 0 Å². The van der Waals surface area contributed by atoms with Crippen LogP contribution < -0.4 is 5.32 Å². The maximum atomic E-state index is 12.0. The molecule has 0 aromatic carbocycles. The maximum Gasteiger partial charge on any atom is 0.257 e. The molecule has 2 rings (SSSR count). The van der Waals surface area contributed by atoms with Crippen molar-refractivity contribution in [2.24, 2.45) is 0 Å². The van der Waals surface area contributed by atoms with Crippen molar-refractivity contribution in [2.75, 3.05) is 5.32 Å². The Bertz CT molecular complexity index is 540. The van der Waals surface area contributed by atoms with Crippen molar-refractivity contribution in [3.8, 4) is 0 Å². The number of aromatic amines is 1. The van der Waals surface area contributed by atoms with Crippen molar-refractivity contribution in [3.63, 3.8) is 0 Å². The van der Waals surface area contributed by atoms with Gasteiger partial charge in [-0.3, -0.25) is 14.9 Å². The number of rotatable bonds is 2. The second kappa shape index (κ2) is 4.37. The number of nitrogens with one attached hydrogen (secondary N) is 2. The Morgan fingerprint density at radius 3 is 2.65 bits per heavy atom. The number of hydrogen-bond donors (Lipinski definition) is 2. The fourth-order valence-corrected chi connectivity index (χ4v) is 1.60. The van der Waals surface area contributed by atoms with E-state index in [1.54, 1.807) is 18.5 Å². The van der Waals surface area contributed by atoms with E-state index >= 15 is 0 Å². The Balaban J connectivity index is 2.23. The fourth-order valence-electron chi connectivity index (χ4n) is 1.60. The number of carbonyl (C=O) groups excluding carboxylic acids is 1. The van der Waals surface area contributed by atoms with Crippen LogP contribution in [0, 0.1) is 20.8 Å². The lowest BCUT2D eigenvalue weighted by molar-refractivity contribution is 0.102. The van der Waals surface area contributed by atoms with Gasteiger partial charge in [0.15, 0.2) is 0 Å². The number of pyridine rings is 1. The summed E-state index contributed by atoms with van der Waals surface area (Å²) in [5, 5.41) is 9.68. The molecule has 0 saturated heterocycles. The van der Waals surface area contributed by atoms with Gasteiger partial charge in [-0.25, -0.2) is 0 Å². The molecular formula is C12H14N4O. The quantitative estimate of drug-likeness (QED) is 0.828. The summed E-state index contributed by atoms with van der Waals surface area (Å²) in [6.45, 7) is 5.61. The van der Waals surface area contributed by atoms with Crippen LogP contribution in [-0.4, -0.2) is 21.1 Å². The van der Waals surface area contributed by atoms with Gasteiger partial charge in [0.05, 0.1) is 22.6 Å². The van der Waals surface area contributed by atoms with E-state index in [2.05, 4.69) is 20.5 Å². The molecule has 17 heavy (non-hydrogen) atoms. The second-order valence-corrected chi connectivity index (χ2v) is 4.01. The summed E-state index contributed by atoms with van der Waals surface area (Å²) in [4.78, 5) is 16.0. The molecule has 0 aliphatic heterocycles. The van der Waals surface area contributed by atoms with Gasteiger partial charge in [-0.05, 0) is 32.4 Å². The predicted molar refractivity (Wildman–Crippen MR) is 65.0 cm³/mol. The Morgan fingerprint density at radius 1 is 1.29 bits per heavy atom. The van der Waals surface area contributed by atoms with E-state index in [9.17, 15) is 4.79 Å². The highest BCUT2D eigenvalue weighted by atomic mass is 16.1. The zero-order chi connectivity index (χ0) is 12.4. The minimum atomic E-state index is -0.172. The summed E-state index contributed by atoms with van der Waals surface area (Å²) < 4.78 is 0. The average Bonchev–Trinajstić information content (AvgIpc) is 2.61. The summed E-state index contributed by atoms with van der Waals surface area (Å²) in [6, 6.07) is 1.80. The lowest BCUT2D eigenvalue weighted by atomic mass is 10.2. The summed E-state index contributed by atoms with van der Waals surface area (Å²) in [5.41, 5.74) is 3.85. The van der Waals surface area contributed by atoms with Gasteiger partial charge in [0.1, 0.15) is 0 Å². The minimum absolute atomic E-state index is 0.172. The van der Waals surface area contributed by atoms with Gasteiger partial charge in [0, 0.05) is 12.4 Å². The number of aryl methyl sites for hydroxylation is 3. The minimum Gasteiger partial charge on any atom is -0.319 e. The molecule has 0 radical (unpaired) electrons. The van der Waals surface area contributed by atoms with Gasteiger partial charge < -0.3 is 5.32 Å². The van der Waals surface area contributed by atoms with Crippen LogP contribution >= 0.6 is 0 Å². The molecular weight excluding hydrogens is 216 g/mol. The average molecular weight is 230 g/mol. The standard InChI is InChI=1S/C12H14N4O/c1-7-4-10(6-13-5-7)12(17)14-11-8(2)15-16-9(11)3/h4-6H,1-3H3,(H,14,17)(H,15,16). The number of amides is 1. The predicted octanol–water partition coefficient (Wildman–Crippen LogP) is 1.98. The number of H-pyrrole nitrogens is 1. The molecule has 0 saturated carbocycles. The molecule has 0 aliphatic rings. The summed E-state index contributed by atoms with van der Waals surface area (Å²) in [7, 11) is 0. The Morgan fingerprint density at radius 2 is 2.06 bits per heavy atom. The molecule has 0 unspecified atom stereocenters. The van der Waals surface area contributed by atoms with Crippen molar-refractivity contribution in [3.05, 3.63) is 41.0 Å². The van der Waals surface area contributed by atoms with Gasteiger partial charge in [-0.2, -0.15) is 5.10 Å². The number of aromatic nitrogens is 3. The zero-order valence-electron chi connectivity index (χ0n) is 10.0. The van der Waals surface area contributed by atoms with Crippen LogP contribution in [0.4, 0.5) is 5.69 Å². The first-order valence-corrected chi connectivity index (χ1v) is 5.32. The van der Waals surface area contributed by atoms with E-state index in [4.69, 9.17) is 0 Å². The molecule has 2 aromatic heterocycles. The van der Waals surface area contributed by atoms with Crippen LogP contribution in [0.15, 0.2) is 18.5 Å². The lowest BCUT2D eigenvalue weighted by Gasteiger charge is -2.05. The Kier molecular flexibility index (Phi) is 2.91. The normalized spacial score (nSPS) is 10.3. The molecule has 88 valence electrons. The molecule has 0 fully saturated rings. The molecule has 0 atom stereocenters. The van der Waals surface area contributed by atoms with Crippen molar-refractivity contribution in [1.29, 1.82) is 0 Å². The number of nitrogens with zero attached hydrogens (tertiary/aromatic N) is 2. The highest BCUT2D eigenvalue weighted by molar-refractivity contribution is 6.04. The van der Waals surface area contributed by atoms with Crippen LogP contribution in [-0.2, 0) is 0 Å². The number of anilines is 1. The second-order valence-electron chi connectivity index (χ2n) is 4.01. The highest BCUT2D eigenvalue weighted by Crippen LogP contribution is 2.17. The van der Waals surface area contributed by atoms with Crippen LogP contribution in [0.25, 0.3) is 0 Å². The maximum absolute atomic E-state index is 12.0. The van der Waals surface area contributed by atoms with Crippen LogP contribution in [0.5, 0.6) is 0 Å². The van der Waals surface area contributed by atoms with E-state index < -0.39 is 0 Å². The lowest BCUT2D eigenvalue weighted by Crippen LogP contribution is -2.13. The fraction of sp³-hybridized carbons (Fsp3) is 0.250. The molecule has 0 aliphatic carbocycles. The number of hydrogen-bond acceptors (Lipinski definition) is 3. The van der Waals surface area contributed by atoms with Crippen LogP contribution in [0.1, 0.15) is 27.3 Å². The SMILES string of the molecule is Cc1cncc(C(=O)Nc2c(C)n[nH]c2C)c1. The molecule has 2 N–H and O–H groups in total. The third-order valence-corrected chi connectivity index (χ3v) is 2.50. The largest absolute Gasteiger partial charge is 0.319 e. The molecule has 0 spiro atoms. The van der Waals surface area contributed by atoms with Gasteiger partial charge in [0.2, 0.25) is 0 Å². The van der Waals surface area contributed by atoms with E-state index in [1.807, 2.05) is 20.8 Å². The molecule has 5 nitrogen and oxygen atoms in total. The van der Waals surface area contributed by atoms with Crippen molar-refractivity contribution < 1.29 is 4.79 Å². The van der Waals surface area contributed by atoms with E-state index in [1.165, 1.54) is 0 Å². The van der Waals surface area contributed by atoms with Crippen molar-refractivity contribution >= 4 is 11.6 Å². The third-order valence-electron chi connectivity index (χ3n) is 2.50. The summed E-state index contributed by atoms with van der Waals surface area (Å²) in [6.07, 6.45) is 3.26. The molecule has 0 bridgehead atoms. The molecule has 2 heterocycles. The Labute approximate surface area is 99.3 Å². The van der Waals surface area contributed by atoms with E-state index in [-0.39, 0.29) is 5.91 Å². The van der Waals surface area contributed by atoms with E-state index in [0.717, 1.165) is 22.6 Å². The summed E-state index contributed by atoms with van der Waals surface area (Å²) >= 11 is 0. The molecule has 5 heteroatoms. The van der Waals surface area contributed by atoms with Crippen molar-refractivity contribution in [2.45, 2.75) is 20.8 Å². The smallest absolute Gasteiger partial charge is 0.257 e. The Hall–Kier alpha value is -2.17. The topological polar surface area (TPSA) is 70.7 Å². The van der Waals surface area contributed by atoms with Crippen LogP contribution in [0.2, 0.25) is 0 Å². The van der Waals surface area contributed by atoms with Gasteiger partial charge >= 0.3 is 0 Å².